The standard InChI is InChI=1S/C23H26FN5O2/c1-17-6-2-3-7-18(17)23-26-22(31-27-23)16-29-14-12-28(13-15-29)11-10-21(30)25-20-9-5-4-8-19(20)24/h2-9H,10-16H2,1H3,(H,25,30). The van der Waals surface area contributed by atoms with Crippen LogP contribution in [0.2, 0.25) is 0 Å². The van der Waals surface area contributed by atoms with Crippen molar-refractivity contribution in [2.45, 2.75) is 19.9 Å². The van der Waals surface area contributed by atoms with Crippen molar-refractivity contribution >= 4 is 11.6 Å². The molecule has 162 valence electrons. The maximum Gasteiger partial charge on any atom is 0.241 e. The first-order valence-electron chi connectivity index (χ1n) is 10.5. The van der Waals surface area contributed by atoms with E-state index < -0.39 is 5.82 Å². The molecule has 4 rings (SSSR count). The molecule has 0 spiro atoms. The minimum Gasteiger partial charge on any atom is -0.338 e. The van der Waals surface area contributed by atoms with Crippen LogP contribution in [0.1, 0.15) is 17.9 Å². The van der Waals surface area contributed by atoms with Crippen molar-refractivity contribution in [2.75, 3.05) is 38.0 Å². The van der Waals surface area contributed by atoms with Gasteiger partial charge in [-0.2, -0.15) is 4.98 Å². The average molecular weight is 423 g/mol. The first-order chi connectivity index (χ1) is 15.1. The Morgan fingerprint density at radius 1 is 1.06 bits per heavy atom. The van der Waals surface area contributed by atoms with Gasteiger partial charge >= 0.3 is 0 Å². The van der Waals surface area contributed by atoms with Gasteiger partial charge in [0.1, 0.15) is 5.82 Å². The summed E-state index contributed by atoms with van der Waals surface area (Å²) < 4.78 is 19.1. The predicted molar refractivity (Wildman–Crippen MR) is 116 cm³/mol. The molecule has 2 heterocycles. The van der Waals surface area contributed by atoms with Crippen molar-refractivity contribution in [2.24, 2.45) is 0 Å². The number of carbonyl (C=O) groups is 1. The summed E-state index contributed by atoms with van der Waals surface area (Å²) in [5, 5.41) is 6.76. The van der Waals surface area contributed by atoms with Gasteiger partial charge in [-0.1, -0.05) is 41.6 Å². The van der Waals surface area contributed by atoms with E-state index in [1.807, 2.05) is 31.2 Å². The molecular formula is C23H26FN5O2. The number of rotatable bonds is 7. The number of nitrogens with one attached hydrogen (secondary N) is 1. The molecule has 8 heteroatoms. The Balaban J connectivity index is 1.21. The number of carbonyl (C=O) groups excluding carboxylic acids is 1. The third-order valence-electron chi connectivity index (χ3n) is 5.48. The molecule has 1 saturated heterocycles. The molecule has 0 saturated carbocycles. The summed E-state index contributed by atoms with van der Waals surface area (Å²) in [7, 11) is 0. The van der Waals surface area contributed by atoms with Crippen molar-refractivity contribution in [3.63, 3.8) is 0 Å². The zero-order valence-electron chi connectivity index (χ0n) is 17.6. The summed E-state index contributed by atoms with van der Waals surface area (Å²) in [4.78, 5) is 21.2. The van der Waals surface area contributed by atoms with E-state index in [4.69, 9.17) is 4.52 Å². The monoisotopic (exact) mass is 423 g/mol. The maximum atomic E-state index is 13.6. The lowest BCUT2D eigenvalue weighted by Crippen LogP contribution is -2.46. The summed E-state index contributed by atoms with van der Waals surface area (Å²) >= 11 is 0. The number of para-hydroxylation sites is 1. The van der Waals surface area contributed by atoms with E-state index in [0.29, 0.717) is 31.2 Å². The lowest BCUT2D eigenvalue weighted by Gasteiger charge is -2.33. The van der Waals surface area contributed by atoms with E-state index in [1.165, 1.54) is 6.07 Å². The molecule has 2 aromatic carbocycles. The average Bonchev–Trinajstić information content (AvgIpc) is 3.23. The SMILES string of the molecule is Cc1ccccc1-c1noc(CN2CCN(CCC(=O)Nc3ccccc3F)CC2)n1. The molecule has 1 aliphatic heterocycles. The lowest BCUT2D eigenvalue weighted by atomic mass is 10.1. The number of hydrogen-bond acceptors (Lipinski definition) is 6. The Hall–Kier alpha value is -3.10. The topological polar surface area (TPSA) is 74.5 Å². The smallest absolute Gasteiger partial charge is 0.241 e. The van der Waals surface area contributed by atoms with Gasteiger partial charge in [0.15, 0.2) is 0 Å². The fourth-order valence-corrected chi connectivity index (χ4v) is 3.65. The van der Waals surface area contributed by atoms with Crippen molar-refractivity contribution in [1.82, 2.24) is 19.9 Å². The normalized spacial score (nSPS) is 15.2. The van der Waals surface area contributed by atoms with E-state index in [1.54, 1.807) is 18.2 Å². The summed E-state index contributed by atoms with van der Waals surface area (Å²) in [5.41, 5.74) is 2.32. The largest absolute Gasteiger partial charge is 0.338 e. The molecule has 1 aliphatic rings. The molecule has 0 atom stereocenters. The Kier molecular flexibility index (Phi) is 6.69. The van der Waals surface area contributed by atoms with E-state index in [2.05, 4.69) is 25.3 Å². The van der Waals surface area contributed by atoms with E-state index in [9.17, 15) is 9.18 Å². The summed E-state index contributed by atoms with van der Waals surface area (Å²) in [6.45, 7) is 6.71. The van der Waals surface area contributed by atoms with Gasteiger partial charge < -0.3 is 14.7 Å². The third kappa shape index (κ3) is 5.53. The first-order valence-corrected chi connectivity index (χ1v) is 10.5. The molecule has 1 aromatic heterocycles. The Labute approximate surface area is 180 Å². The van der Waals surface area contributed by atoms with E-state index in [-0.39, 0.29) is 11.6 Å². The fraction of sp³-hybridized carbons (Fsp3) is 0.348. The van der Waals surface area contributed by atoms with Crippen LogP contribution in [0.15, 0.2) is 53.1 Å². The van der Waals surface area contributed by atoms with E-state index in [0.717, 1.165) is 37.3 Å². The highest BCUT2D eigenvalue weighted by Crippen LogP contribution is 2.20. The summed E-state index contributed by atoms with van der Waals surface area (Å²) in [5.74, 6) is 0.627. The number of aromatic nitrogens is 2. The zero-order chi connectivity index (χ0) is 21.6. The fourth-order valence-electron chi connectivity index (χ4n) is 3.65. The second kappa shape index (κ2) is 9.80. The summed E-state index contributed by atoms with van der Waals surface area (Å²) in [6.07, 6.45) is 0.331. The zero-order valence-corrected chi connectivity index (χ0v) is 17.6. The van der Waals surface area contributed by atoms with Crippen LogP contribution < -0.4 is 5.32 Å². The van der Waals surface area contributed by atoms with E-state index >= 15 is 0 Å². The molecule has 0 radical (unpaired) electrons. The van der Waals surface area contributed by atoms with Gasteiger partial charge in [0, 0.05) is 44.7 Å². The molecule has 31 heavy (non-hydrogen) atoms. The minimum absolute atomic E-state index is 0.179. The van der Waals surface area contributed by atoms with Crippen LogP contribution >= 0.6 is 0 Å². The lowest BCUT2D eigenvalue weighted by molar-refractivity contribution is -0.116. The Bertz CT molecular complexity index is 1030. The molecule has 1 fully saturated rings. The number of aryl methyl sites for hydroxylation is 1. The molecule has 0 aliphatic carbocycles. The second-order valence-corrected chi connectivity index (χ2v) is 7.72. The van der Waals surface area contributed by atoms with Crippen molar-refractivity contribution in [3.05, 3.63) is 65.8 Å². The van der Waals surface area contributed by atoms with Gasteiger partial charge in [-0.25, -0.2) is 4.39 Å². The highest BCUT2D eigenvalue weighted by molar-refractivity contribution is 5.90. The number of benzene rings is 2. The van der Waals surface area contributed by atoms with Crippen LogP contribution in [0.4, 0.5) is 10.1 Å². The van der Waals surface area contributed by atoms with Crippen molar-refractivity contribution < 1.29 is 13.7 Å². The van der Waals surface area contributed by atoms with Crippen LogP contribution in [-0.4, -0.2) is 58.6 Å². The molecule has 0 unspecified atom stereocenters. The number of anilines is 1. The highest BCUT2D eigenvalue weighted by atomic mass is 19.1. The quantitative estimate of drug-likeness (QED) is 0.628. The van der Waals surface area contributed by atoms with Crippen LogP contribution in [-0.2, 0) is 11.3 Å². The first kappa shape index (κ1) is 21.1. The number of nitrogens with zero attached hydrogens (tertiary/aromatic N) is 4. The molecule has 0 bridgehead atoms. The maximum absolute atomic E-state index is 13.6. The number of halogens is 1. The molecular weight excluding hydrogens is 397 g/mol. The third-order valence-corrected chi connectivity index (χ3v) is 5.48. The van der Waals surface area contributed by atoms with Crippen molar-refractivity contribution in [3.8, 4) is 11.4 Å². The molecule has 1 N–H and O–H groups in total. The van der Waals surface area contributed by atoms with Crippen molar-refractivity contribution in [1.29, 1.82) is 0 Å². The van der Waals surface area contributed by atoms with Gasteiger partial charge in [-0.05, 0) is 24.6 Å². The van der Waals surface area contributed by atoms with Crippen LogP contribution in [0, 0.1) is 12.7 Å². The molecule has 7 nitrogen and oxygen atoms in total. The summed E-state index contributed by atoms with van der Waals surface area (Å²) in [6, 6.07) is 14.2. The minimum atomic E-state index is -0.420. The van der Waals surface area contributed by atoms with Gasteiger partial charge in [-0.15, -0.1) is 0 Å². The van der Waals surface area contributed by atoms with Gasteiger partial charge in [0.2, 0.25) is 17.6 Å². The van der Waals surface area contributed by atoms with Gasteiger partial charge in [0.25, 0.3) is 0 Å². The van der Waals surface area contributed by atoms with Gasteiger partial charge in [0.05, 0.1) is 12.2 Å². The predicted octanol–water partition coefficient (Wildman–Crippen LogP) is 3.33. The number of hydrogen-bond donors (Lipinski definition) is 1. The van der Waals surface area contributed by atoms with Crippen LogP contribution in [0.25, 0.3) is 11.4 Å². The van der Waals surface area contributed by atoms with Crippen LogP contribution in [0.5, 0.6) is 0 Å². The molecule has 3 aromatic rings. The number of amides is 1. The number of piperazine rings is 1. The molecule has 1 amide bonds. The second-order valence-electron chi connectivity index (χ2n) is 7.72. The highest BCUT2D eigenvalue weighted by Gasteiger charge is 2.20. The Morgan fingerprint density at radius 2 is 1.77 bits per heavy atom. The van der Waals surface area contributed by atoms with Gasteiger partial charge in [-0.3, -0.25) is 9.69 Å². The Morgan fingerprint density at radius 3 is 2.55 bits per heavy atom. The van der Waals surface area contributed by atoms with Crippen LogP contribution in [0.3, 0.4) is 0 Å².